The van der Waals surface area contributed by atoms with E-state index in [-0.39, 0.29) is 5.95 Å². The van der Waals surface area contributed by atoms with Crippen molar-refractivity contribution >= 4 is 35.0 Å². The lowest BCUT2D eigenvalue weighted by Gasteiger charge is -2.09. The average molecular weight is 281 g/mol. The van der Waals surface area contributed by atoms with Crippen LogP contribution >= 0.6 is 23.2 Å². The van der Waals surface area contributed by atoms with Crippen molar-refractivity contribution in [2.75, 3.05) is 17.6 Å². The number of benzene rings is 1. The molecule has 2 aromatic rings. The first kappa shape index (κ1) is 11.6. The number of aromatic nitrogens is 2. The van der Waals surface area contributed by atoms with Gasteiger partial charge < -0.3 is 11.1 Å². The first-order valence-electron chi connectivity index (χ1n) is 5.51. The highest BCUT2D eigenvalue weighted by Crippen LogP contribution is 2.35. The molecule has 0 atom stereocenters. The van der Waals surface area contributed by atoms with Crippen molar-refractivity contribution in [1.82, 2.24) is 9.97 Å². The largest absolute Gasteiger partial charge is 0.369 e. The van der Waals surface area contributed by atoms with Crippen LogP contribution in [0, 0.1) is 0 Å². The van der Waals surface area contributed by atoms with E-state index < -0.39 is 0 Å². The van der Waals surface area contributed by atoms with E-state index in [1.54, 1.807) is 12.1 Å². The second-order valence-corrected chi connectivity index (χ2v) is 4.90. The Bertz CT molecular complexity index is 628. The third-order valence-electron chi connectivity index (χ3n) is 2.88. The molecule has 2 heterocycles. The maximum absolute atomic E-state index is 6.21. The molecule has 3 N–H and O–H groups in total. The summed E-state index contributed by atoms with van der Waals surface area (Å²) >= 11 is 12.1. The Morgan fingerprint density at radius 3 is 2.83 bits per heavy atom. The van der Waals surface area contributed by atoms with Gasteiger partial charge in [-0.15, -0.1) is 0 Å². The Kier molecular flexibility index (Phi) is 2.76. The molecule has 0 saturated heterocycles. The Balaban J connectivity index is 2.23. The summed E-state index contributed by atoms with van der Waals surface area (Å²) in [6, 6.07) is 5.34. The molecule has 0 bridgehead atoms. The third-order valence-corrected chi connectivity index (χ3v) is 3.43. The first-order valence-corrected chi connectivity index (χ1v) is 6.26. The quantitative estimate of drug-likeness (QED) is 0.843. The van der Waals surface area contributed by atoms with Crippen LogP contribution in [0.4, 0.5) is 11.8 Å². The van der Waals surface area contributed by atoms with E-state index in [0.29, 0.717) is 10.0 Å². The van der Waals surface area contributed by atoms with Gasteiger partial charge in [-0.3, -0.25) is 0 Å². The summed E-state index contributed by atoms with van der Waals surface area (Å²) in [5.41, 5.74) is 8.38. The Labute approximate surface area is 114 Å². The van der Waals surface area contributed by atoms with Gasteiger partial charge in [-0.2, -0.15) is 4.98 Å². The van der Waals surface area contributed by atoms with Crippen LogP contribution in [-0.4, -0.2) is 16.5 Å². The number of anilines is 2. The molecule has 0 spiro atoms. The zero-order valence-electron chi connectivity index (χ0n) is 9.37. The predicted octanol–water partition coefficient (Wildman–Crippen LogP) is 3.00. The summed E-state index contributed by atoms with van der Waals surface area (Å²) in [6.07, 6.45) is 0.865. The summed E-state index contributed by atoms with van der Waals surface area (Å²) in [7, 11) is 0. The number of nitrogens with one attached hydrogen (secondary N) is 1. The highest BCUT2D eigenvalue weighted by molar-refractivity contribution is 6.36. The monoisotopic (exact) mass is 280 g/mol. The van der Waals surface area contributed by atoms with Crippen LogP contribution in [0.5, 0.6) is 0 Å². The number of nitrogens with zero attached hydrogens (tertiary/aromatic N) is 2. The molecule has 0 fully saturated rings. The summed E-state index contributed by atoms with van der Waals surface area (Å²) < 4.78 is 0. The van der Waals surface area contributed by atoms with Crippen LogP contribution < -0.4 is 11.1 Å². The molecule has 0 radical (unpaired) electrons. The maximum Gasteiger partial charge on any atom is 0.222 e. The Morgan fingerprint density at radius 1 is 1.22 bits per heavy atom. The van der Waals surface area contributed by atoms with Crippen molar-refractivity contribution in [3.05, 3.63) is 33.8 Å². The van der Waals surface area contributed by atoms with Crippen molar-refractivity contribution in [2.24, 2.45) is 0 Å². The highest BCUT2D eigenvalue weighted by Gasteiger charge is 2.20. The van der Waals surface area contributed by atoms with Gasteiger partial charge in [0.2, 0.25) is 5.95 Å². The summed E-state index contributed by atoms with van der Waals surface area (Å²) in [5, 5.41) is 4.34. The zero-order valence-corrected chi connectivity index (χ0v) is 10.9. The van der Waals surface area contributed by atoms with Gasteiger partial charge in [0.1, 0.15) is 5.82 Å². The van der Waals surface area contributed by atoms with Crippen LogP contribution in [0.2, 0.25) is 10.0 Å². The molecule has 4 nitrogen and oxygen atoms in total. The average Bonchev–Trinajstić information content (AvgIpc) is 2.76. The van der Waals surface area contributed by atoms with Gasteiger partial charge in [-0.25, -0.2) is 4.98 Å². The van der Waals surface area contributed by atoms with E-state index in [4.69, 9.17) is 28.9 Å². The lowest BCUT2D eigenvalue weighted by Crippen LogP contribution is -2.01. The van der Waals surface area contributed by atoms with E-state index in [1.807, 2.05) is 6.07 Å². The lowest BCUT2D eigenvalue weighted by atomic mass is 10.1. The molecule has 3 rings (SSSR count). The number of nitrogen functional groups attached to an aromatic ring is 1. The van der Waals surface area contributed by atoms with E-state index >= 15 is 0 Å². The number of nitrogens with two attached hydrogens (primary N) is 1. The van der Waals surface area contributed by atoms with Crippen molar-refractivity contribution in [3.8, 4) is 11.3 Å². The molecule has 1 aliphatic heterocycles. The van der Waals surface area contributed by atoms with E-state index in [9.17, 15) is 0 Å². The molecular weight excluding hydrogens is 271 g/mol. The van der Waals surface area contributed by atoms with Crippen molar-refractivity contribution in [3.63, 3.8) is 0 Å². The Hall–Kier alpha value is -1.52. The molecule has 0 amide bonds. The molecule has 92 valence electrons. The molecule has 1 aliphatic rings. The van der Waals surface area contributed by atoms with Gasteiger partial charge in [0.05, 0.1) is 10.7 Å². The van der Waals surface area contributed by atoms with Gasteiger partial charge in [0.25, 0.3) is 0 Å². The van der Waals surface area contributed by atoms with Crippen LogP contribution in [0.15, 0.2) is 18.2 Å². The van der Waals surface area contributed by atoms with E-state index in [0.717, 1.165) is 35.6 Å². The Morgan fingerprint density at radius 2 is 2.06 bits per heavy atom. The summed E-state index contributed by atoms with van der Waals surface area (Å²) in [5.74, 6) is 1.03. The van der Waals surface area contributed by atoms with Crippen molar-refractivity contribution in [1.29, 1.82) is 0 Å². The normalized spacial score (nSPS) is 13.2. The minimum atomic E-state index is 0.240. The van der Waals surface area contributed by atoms with Crippen molar-refractivity contribution in [2.45, 2.75) is 6.42 Å². The van der Waals surface area contributed by atoms with Crippen molar-refractivity contribution < 1.29 is 0 Å². The van der Waals surface area contributed by atoms with Gasteiger partial charge >= 0.3 is 0 Å². The molecule has 0 saturated carbocycles. The predicted molar refractivity (Wildman–Crippen MR) is 74.1 cm³/mol. The molecule has 18 heavy (non-hydrogen) atoms. The number of halogens is 2. The SMILES string of the molecule is Nc1nc2c(c(-c3ccc(Cl)cc3Cl)n1)CCN2. The van der Waals surface area contributed by atoms with E-state index in [1.165, 1.54) is 0 Å². The minimum absolute atomic E-state index is 0.240. The number of hydrogen-bond acceptors (Lipinski definition) is 4. The standard InChI is InChI=1S/C12H10Cl2N4/c13-6-1-2-7(9(14)5-6)10-8-3-4-16-11(8)18-12(15)17-10/h1-2,5H,3-4H2,(H3,15,16,17,18). The molecular formula is C12H10Cl2N4. The first-order chi connectivity index (χ1) is 8.65. The molecule has 1 aromatic carbocycles. The van der Waals surface area contributed by atoms with Crippen LogP contribution in [-0.2, 0) is 6.42 Å². The number of rotatable bonds is 1. The van der Waals surface area contributed by atoms with Gasteiger partial charge in [0, 0.05) is 22.7 Å². The summed E-state index contributed by atoms with van der Waals surface area (Å²) in [4.78, 5) is 8.48. The summed E-state index contributed by atoms with van der Waals surface area (Å²) in [6.45, 7) is 0.839. The van der Waals surface area contributed by atoms with Gasteiger partial charge in [0.15, 0.2) is 0 Å². The maximum atomic E-state index is 6.21. The molecule has 1 aromatic heterocycles. The van der Waals surface area contributed by atoms with Gasteiger partial charge in [-0.05, 0) is 24.6 Å². The second-order valence-electron chi connectivity index (χ2n) is 4.06. The van der Waals surface area contributed by atoms with E-state index in [2.05, 4.69) is 15.3 Å². The third kappa shape index (κ3) is 1.87. The van der Waals surface area contributed by atoms with Crippen LogP contribution in [0.1, 0.15) is 5.56 Å². The molecule has 6 heteroatoms. The fourth-order valence-electron chi connectivity index (χ4n) is 2.09. The number of fused-ring (bicyclic) bond motifs is 1. The van der Waals surface area contributed by atoms with Gasteiger partial charge in [-0.1, -0.05) is 23.2 Å². The molecule has 0 unspecified atom stereocenters. The fraction of sp³-hybridized carbons (Fsp3) is 0.167. The smallest absolute Gasteiger partial charge is 0.222 e. The fourth-order valence-corrected chi connectivity index (χ4v) is 2.59. The highest BCUT2D eigenvalue weighted by atomic mass is 35.5. The minimum Gasteiger partial charge on any atom is -0.369 e. The molecule has 0 aliphatic carbocycles. The second kappa shape index (κ2) is 4.30. The van der Waals surface area contributed by atoms with Crippen LogP contribution in [0.3, 0.4) is 0 Å². The van der Waals surface area contributed by atoms with Crippen LogP contribution in [0.25, 0.3) is 11.3 Å². The number of hydrogen-bond donors (Lipinski definition) is 2. The lowest BCUT2D eigenvalue weighted by molar-refractivity contribution is 1.09. The topological polar surface area (TPSA) is 63.8 Å². The zero-order chi connectivity index (χ0) is 12.7.